The number of amides is 1. The Hall–Kier alpha value is -3.13. The SMILES string of the molecule is CCC(CC)(CCC#N)CN(CC(O)C(Cc1ccccc1)NC(=O)OC(C)(C)C)S(=O)(=O)c1ccc(OC)cc1. The Kier molecular flexibility index (Phi) is 12.6. The van der Waals surface area contributed by atoms with E-state index in [1.165, 1.54) is 23.5 Å². The molecule has 2 aromatic carbocycles. The van der Waals surface area contributed by atoms with E-state index in [0.717, 1.165) is 5.56 Å². The van der Waals surface area contributed by atoms with E-state index in [4.69, 9.17) is 9.47 Å². The molecule has 2 unspecified atom stereocenters. The van der Waals surface area contributed by atoms with E-state index in [1.807, 2.05) is 44.2 Å². The van der Waals surface area contributed by atoms with E-state index in [1.54, 1.807) is 32.9 Å². The molecule has 0 aliphatic rings. The van der Waals surface area contributed by atoms with Gasteiger partial charge in [-0.05, 0) is 81.7 Å². The molecule has 2 atom stereocenters. The van der Waals surface area contributed by atoms with E-state index in [9.17, 15) is 23.6 Å². The third-order valence-electron chi connectivity index (χ3n) is 7.33. The minimum absolute atomic E-state index is 0.0617. The van der Waals surface area contributed by atoms with Gasteiger partial charge in [-0.3, -0.25) is 0 Å². The predicted octanol–water partition coefficient (Wildman–Crippen LogP) is 5.29. The van der Waals surface area contributed by atoms with Crippen molar-refractivity contribution in [2.45, 2.75) is 89.4 Å². The Morgan fingerprint density at radius 1 is 1.07 bits per heavy atom. The minimum atomic E-state index is -4.07. The number of nitrogens with zero attached hydrogens (tertiary/aromatic N) is 2. The first kappa shape index (κ1) is 34.1. The van der Waals surface area contributed by atoms with Crippen LogP contribution in [-0.4, -0.2) is 61.9 Å². The first-order chi connectivity index (χ1) is 19.3. The number of alkyl carbamates (subject to hydrolysis) is 1. The van der Waals surface area contributed by atoms with Crippen molar-refractivity contribution in [3.8, 4) is 11.8 Å². The van der Waals surface area contributed by atoms with Gasteiger partial charge in [0, 0.05) is 19.5 Å². The number of aliphatic hydroxyl groups is 1. The number of nitrogens with one attached hydrogen (secondary N) is 1. The fraction of sp³-hybridized carbons (Fsp3) is 0.548. The highest BCUT2D eigenvalue weighted by atomic mass is 32.2. The summed E-state index contributed by atoms with van der Waals surface area (Å²) >= 11 is 0. The van der Waals surface area contributed by atoms with Crippen molar-refractivity contribution in [1.82, 2.24) is 9.62 Å². The number of aliphatic hydroxyl groups excluding tert-OH is 1. The minimum Gasteiger partial charge on any atom is -0.497 e. The highest BCUT2D eigenvalue weighted by Gasteiger charge is 2.37. The van der Waals surface area contributed by atoms with Crippen LogP contribution in [0.1, 0.15) is 65.9 Å². The third kappa shape index (κ3) is 10.3. The Morgan fingerprint density at radius 3 is 2.20 bits per heavy atom. The summed E-state index contributed by atoms with van der Waals surface area (Å²) in [7, 11) is -2.57. The van der Waals surface area contributed by atoms with Crippen molar-refractivity contribution in [2.24, 2.45) is 5.41 Å². The molecule has 0 radical (unpaired) electrons. The number of hydrogen-bond acceptors (Lipinski definition) is 7. The van der Waals surface area contributed by atoms with Crippen molar-refractivity contribution in [1.29, 1.82) is 5.26 Å². The largest absolute Gasteiger partial charge is 0.497 e. The maximum atomic E-state index is 14.0. The quantitative estimate of drug-likeness (QED) is 0.290. The van der Waals surface area contributed by atoms with Crippen LogP contribution in [0, 0.1) is 16.7 Å². The van der Waals surface area contributed by atoms with Gasteiger partial charge in [0.1, 0.15) is 11.4 Å². The van der Waals surface area contributed by atoms with Crippen molar-refractivity contribution in [3.63, 3.8) is 0 Å². The van der Waals surface area contributed by atoms with Gasteiger partial charge in [-0.15, -0.1) is 0 Å². The summed E-state index contributed by atoms with van der Waals surface area (Å²) in [6, 6.07) is 16.8. The number of carbonyl (C=O) groups is 1. The fourth-order valence-electron chi connectivity index (χ4n) is 4.69. The lowest BCUT2D eigenvalue weighted by Crippen LogP contribution is -2.53. The average Bonchev–Trinajstić information content (AvgIpc) is 2.94. The number of nitriles is 1. The molecule has 0 bridgehead atoms. The molecule has 10 heteroatoms. The summed E-state index contributed by atoms with van der Waals surface area (Å²) in [5.41, 5.74) is -0.357. The van der Waals surface area contributed by atoms with Crippen LogP contribution in [0.4, 0.5) is 4.79 Å². The van der Waals surface area contributed by atoms with Crippen molar-refractivity contribution in [2.75, 3.05) is 20.2 Å². The molecule has 226 valence electrons. The van der Waals surface area contributed by atoms with E-state index in [-0.39, 0.29) is 30.8 Å². The number of sulfonamides is 1. The number of methoxy groups -OCH3 is 1. The molecule has 1 amide bonds. The second kappa shape index (κ2) is 15.2. The first-order valence-electron chi connectivity index (χ1n) is 14.0. The van der Waals surface area contributed by atoms with Crippen LogP contribution >= 0.6 is 0 Å². The molecular weight excluding hydrogens is 542 g/mol. The summed E-state index contributed by atoms with van der Waals surface area (Å²) in [5.74, 6) is 0.519. The summed E-state index contributed by atoms with van der Waals surface area (Å²) in [6.07, 6.45) is 0.408. The predicted molar refractivity (Wildman–Crippen MR) is 159 cm³/mol. The molecule has 2 aromatic rings. The van der Waals surface area contributed by atoms with Gasteiger partial charge in [-0.25, -0.2) is 13.2 Å². The van der Waals surface area contributed by atoms with Crippen LogP contribution in [0.3, 0.4) is 0 Å². The molecule has 0 saturated heterocycles. The van der Waals surface area contributed by atoms with Gasteiger partial charge >= 0.3 is 6.09 Å². The zero-order chi connectivity index (χ0) is 30.7. The van der Waals surface area contributed by atoms with Gasteiger partial charge in [-0.1, -0.05) is 44.2 Å². The summed E-state index contributed by atoms with van der Waals surface area (Å²) in [6.45, 7) is 9.04. The molecule has 0 aliphatic heterocycles. The second-order valence-electron chi connectivity index (χ2n) is 11.3. The van der Waals surface area contributed by atoms with Crippen LogP contribution in [0.15, 0.2) is 59.5 Å². The lowest BCUT2D eigenvalue weighted by molar-refractivity contribution is 0.0385. The molecule has 0 fully saturated rings. The number of benzene rings is 2. The van der Waals surface area contributed by atoms with Crippen LogP contribution < -0.4 is 10.1 Å². The maximum absolute atomic E-state index is 14.0. The van der Waals surface area contributed by atoms with Gasteiger partial charge in [0.05, 0.1) is 30.2 Å². The van der Waals surface area contributed by atoms with Crippen molar-refractivity contribution in [3.05, 3.63) is 60.2 Å². The van der Waals surface area contributed by atoms with Gasteiger partial charge in [0.15, 0.2) is 0 Å². The number of hydrogen-bond donors (Lipinski definition) is 2. The average molecular weight is 588 g/mol. The smallest absolute Gasteiger partial charge is 0.407 e. The zero-order valence-corrected chi connectivity index (χ0v) is 25.9. The number of rotatable bonds is 15. The monoisotopic (exact) mass is 587 g/mol. The third-order valence-corrected chi connectivity index (χ3v) is 9.16. The molecular formula is C31H45N3O6S. The van der Waals surface area contributed by atoms with Crippen LogP contribution in [0.25, 0.3) is 0 Å². The van der Waals surface area contributed by atoms with Gasteiger partial charge in [0.25, 0.3) is 0 Å². The molecule has 0 spiro atoms. The highest BCUT2D eigenvalue weighted by molar-refractivity contribution is 7.89. The van der Waals surface area contributed by atoms with Crippen LogP contribution in [0.5, 0.6) is 5.75 Å². The lowest BCUT2D eigenvalue weighted by Gasteiger charge is -2.38. The molecule has 0 heterocycles. The maximum Gasteiger partial charge on any atom is 0.407 e. The fourth-order valence-corrected chi connectivity index (χ4v) is 6.26. The van der Waals surface area contributed by atoms with Gasteiger partial charge in [-0.2, -0.15) is 9.57 Å². The molecule has 41 heavy (non-hydrogen) atoms. The molecule has 0 aliphatic carbocycles. The number of ether oxygens (including phenoxy) is 2. The Balaban J connectivity index is 2.49. The van der Waals surface area contributed by atoms with E-state index >= 15 is 0 Å². The molecule has 2 rings (SSSR count). The van der Waals surface area contributed by atoms with E-state index < -0.39 is 39.3 Å². The van der Waals surface area contributed by atoms with Gasteiger partial charge in [0.2, 0.25) is 10.0 Å². The van der Waals surface area contributed by atoms with Crippen molar-refractivity contribution < 1.29 is 27.8 Å². The van der Waals surface area contributed by atoms with Gasteiger partial charge < -0.3 is 19.9 Å². The van der Waals surface area contributed by atoms with Crippen LogP contribution in [-0.2, 0) is 21.2 Å². The first-order valence-corrected chi connectivity index (χ1v) is 15.5. The van der Waals surface area contributed by atoms with Crippen molar-refractivity contribution >= 4 is 16.1 Å². The Morgan fingerprint density at radius 2 is 1.68 bits per heavy atom. The lowest BCUT2D eigenvalue weighted by atomic mass is 9.78. The van der Waals surface area contributed by atoms with Crippen LogP contribution in [0.2, 0.25) is 0 Å². The normalized spacial score (nSPS) is 13.7. The zero-order valence-electron chi connectivity index (χ0n) is 25.1. The Labute approximate surface area is 245 Å². The summed E-state index contributed by atoms with van der Waals surface area (Å²) in [4.78, 5) is 12.8. The molecule has 2 N–H and O–H groups in total. The van der Waals surface area contributed by atoms with E-state index in [0.29, 0.717) is 25.0 Å². The topological polar surface area (TPSA) is 129 Å². The molecule has 0 saturated carbocycles. The second-order valence-corrected chi connectivity index (χ2v) is 13.3. The van der Waals surface area contributed by atoms with E-state index in [2.05, 4.69) is 11.4 Å². The summed E-state index contributed by atoms with van der Waals surface area (Å²) in [5, 5.41) is 23.6. The highest BCUT2D eigenvalue weighted by Crippen LogP contribution is 2.35. The molecule has 9 nitrogen and oxygen atoms in total. The summed E-state index contributed by atoms with van der Waals surface area (Å²) < 4.78 is 40.0. The molecule has 0 aromatic heterocycles. The Bertz CT molecular complexity index is 1230. The number of carbonyl (C=O) groups excluding carboxylic acids is 1. The standard InChI is InChI=1S/C31H45N3O6S/c1-7-31(8-2,19-12-20-32)23-34(41(37,38)26-17-15-25(39-6)16-18-26)22-28(35)27(21-24-13-10-9-11-14-24)33-29(36)40-30(3,4)5/h9-11,13-18,27-28,35H,7-8,12,19,21-23H2,1-6H3,(H,33,36).